The van der Waals surface area contributed by atoms with Crippen molar-refractivity contribution < 1.29 is 4.21 Å². The van der Waals surface area contributed by atoms with Crippen molar-refractivity contribution in [3.63, 3.8) is 0 Å². The van der Waals surface area contributed by atoms with E-state index in [1.807, 2.05) is 7.05 Å². The Labute approximate surface area is 89.7 Å². The molecule has 1 rings (SSSR count). The van der Waals surface area contributed by atoms with E-state index in [1.54, 1.807) is 0 Å². The van der Waals surface area contributed by atoms with Crippen LogP contribution >= 0.6 is 0 Å². The van der Waals surface area contributed by atoms with E-state index in [0.717, 1.165) is 31.1 Å². The Bertz CT molecular complexity index is 189. The molecule has 2 unspecified atom stereocenters. The molecule has 1 fully saturated rings. The van der Waals surface area contributed by atoms with Crippen molar-refractivity contribution in [3.05, 3.63) is 0 Å². The first kappa shape index (κ1) is 12.1. The van der Waals surface area contributed by atoms with Crippen molar-refractivity contribution in [2.75, 3.05) is 38.2 Å². The number of nitrogens with zero attached hydrogens (tertiary/aromatic N) is 1. The van der Waals surface area contributed by atoms with Crippen LogP contribution in [0.25, 0.3) is 0 Å². The summed E-state index contributed by atoms with van der Waals surface area (Å²) >= 11 is 0. The van der Waals surface area contributed by atoms with Gasteiger partial charge in [-0.25, -0.2) is 0 Å². The highest BCUT2D eigenvalue weighted by molar-refractivity contribution is 7.85. The fourth-order valence-corrected chi connectivity index (χ4v) is 2.99. The van der Waals surface area contributed by atoms with Gasteiger partial charge in [-0.05, 0) is 26.4 Å². The van der Waals surface area contributed by atoms with Crippen LogP contribution in [0.15, 0.2) is 0 Å². The minimum Gasteiger partial charge on any atom is -0.319 e. The molecule has 0 aliphatic carbocycles. The number of nitrogens with one attached hydrogen (secondary N) is 1. The lowest BCUT2D eigenvalue weighted by molar-refractivity contribution is 0.175. The third-order valence-electron chi connectivity index (χ3n) is 3.14. The molecule has 1 saturated heterocycles. The van der Waals surface area contributed by atoms with E-state index in [2.05, 4.69) is 24.1 Å². The Kier molecular flexibility index (Phi) is 5.06. The molecule has 0 radical (unpaired) electrons. The van der Waals surface area contributed by atoms with Crippen molar-refractivity contribution in [1.29, 1.82) is 0 Å². The van der Waals surface area contributed by atoms with Gasteiger partial charge in [-0.1, -0.05) is 6.92 Å². The molecule has 3 nitrogen and oxygen atoms in total. The Balaban J connectivity index is 2.36. The first-order chi connectivity index (χ1) is 6.65. The Morgan fingerprint density at radius 2 is 1.93 bits per heavy atom. The minimum atomic E-state index is -0.552. The molecule has 1 aliphatic heterocycles. The van der Waals surface area contributed by atoms with Crippen molar-refractivity contribution in [3.8, 4) is 0 Å². The van der Waals surface area contributed by atoms with Gasteiger partial charge in [0, 0.05) is 41.4 Å². The quantitative estimate of drug-likeness (QED) is 0.736. The molecule has 0 aromatic carbocycles. The second-order valence-electron chi connectivity index (χ2n) is 4.16. The van der Waals surface area contributed by atoms with Gasteiger partial charge < -0.3 is 5.32 Å². The van der Waals surface area contributed by atoms with Gasteiger partial charge in [-0.2, -0.15) is 0 Å². The number of hydrogen-bond acceptors (Lipinski definition) is 3. The normalized spacial score (nSPS) is 24.8. The summed E-state index contributed by atoms with van der Waals surface area (Å²) in [6, 6.07) is 0.597. The number of hydrogen-bond donors (Lipinski definition) is 1. The molecule has 0 spiro atoms. The fraction of sp³-hybridized carbons (Fsp3) is 1.00. The highest BCUT2D eigenvalue weighted by Crippen LogP contribution is 2.12. The van der Waals surface area contributed by atoms with Crippen LogP contribution in [0.4, 0.5) is 0 Å². The molecule has 0 saturated carbocycles. The highest BCUT2D eigenvalue weighted by atomic mass is 32.2. The van der Waals surface area contributed by atoms with Crippen LogP contribution in [0.2, 0.25) is 0 Å². The van der Waals surface area contributed by atoms with Crippen LogP contribution in [-0.2, 0) is 10.8 Å². The van der Waals surface area contributed by atoms with E-state index in [0.29, 0.717) is 12.0 Å². The zero-order valence-electron chi connectivity index (χ0n) is 9.45. The molecule has 0 aromatic heterocycles. The molecule has 1 aliphatic rings. The van der Waals surface area contributed by atoms with Crippen LogP contribution in [0.1, 0.15) is 13.8 Å². The van der Waals surface area contributed by atoms with Crippen molar-refractivity contribution in [2.45, 2.75) is 19.9 Å². The molecule has 14 heavy (non-hydrogen) atoms. The maximum Gasteiger partial charge on any atom is 0.0363 e. The van der Waals surface area contributed by atoms with Crippen LogP contribution < -0.4 is 5.32 Å². The van der Waals surface area contributed by atoms with Gasteiger partial charge in [0.2, 0.25) is 0 Å². The van der Waals surface area contributed by atoms with Crippen LogP contribution in [0.5, 0.6) is 0 Å². The molecular formula is C10H22N2OS. The van der Waals surface area contributed by atoms with E-state index in [1.165, 1.54) is 0 Å². The number of rotatable bonds is 4. The van der Waals surface area contributed by atoms with Crippen LogP contribution in [-0.4, -0.2) is 53.3 Å². The van der Waals surface area contributed by atoms with Gasteiger partial charge in [-0.3, -0.25) is 9.11 Å². The molecule has 0 amide bonds. The largest absolute Gasteiger partial charge is 0.319 e. The Morgan fingerprint density at radius 3 is 2.43 bits per heavy atom. The summed E-state index contributed by atoms with van der Waals surface area (Å²) in [5.74, 6) is 2.37. The topological polar surface area (TPSA) is 32.3 Å². The first-order valence-corrected chi connectivity index (χ1v) is 6.87. The van der Waals surface area contributed by atoms with Gasteiger partial charge in [0.05, 0.1) is 0 Å². The molecule has 84 valence electrons. The van der Waals surface area contributed by atoms with Crippen molar-refractivity contribution >= 4 is 10.8 Å². The minimum absolute atomic E-state index is 0.552. The van der Waals surface area contributed by atoms with Crippen LogP contribution in [0.3, 0.4) is 0 Å². The highest BCUT2D eigenvalue weighted by Gasteiger charge is 2.23. The summed E-state index contributed by atoms with van der Waals surface area (Å²) in [5.41, 5.74) is 0. The summed E-state index contributed by atoms with van der Waals surface area (Å²) in [6.07, 6.45) is 0. The van der Waals surface area contributed by atoms with E-state index < -0.39 is 10.8 Å². The van der Waals surface area contributed by atoms with E-state index in [-0.39, 0.29) is 0 Å². The third kappa shape index (κ3) is 3.33. The summed E-state index contributed by atoms with van der Waals surface area (Å²) in [6.45, 7) is 7.60. The SMILES string of the molecule is CNCC(C)C(C)N1CCS(=O)CC1. The molecule has 2 atom stereocenters. The Morgan fingerprint density at radius 1 is 1.36 bits per heavy atom. The predicted molar refractivity (Wildman–Crippen MR) is 62.0 cm³/mol. The first-order valence-electron chi connectivity index (χ1n) is 5.38. The standard InChI is InChI=1S/C10H22N2OS/c1-9(8-11-3)10(2)12-4-6-14(13)7-5-12/h9-11H,4-8H2,1-3H3. The van der Waals surface area contributed by atoms with E-state index >= 15 is 0 Å². The smallest absolute Gasteiger partial charge is 0.0363 e. The van der Waals surface area contributed by atoms with E-state index in [9.17, 15) is 4.21 Å². The van der Waals surface area contributed by atoms with Gasteiger partial charge >= 0.3 is 0 Å². The zero-order valence-corrected chi connectivity index (χ0v) is 10.3. The third-order valence-corrected chi connectivity index (χ3v) is 4.41. The zero-order chi connectivity index (χ0) is 10.6. The fourth-order valence-electron chi connectivity index (χ4n) is 1.91. The molecular weight excluding hydrogens is 196 g/mol. The average molecular weight is 218 g/mol. The second kappa shape index (κ2) is 5.83. The monoisotopic (exact) mass is 218 g/mol. The van der Waals surface area contributed by atoms with Gasteiger partial charge in [-0.15, -0.1) is 0 Å². The van der Waals surface area contributed by atoms with Crippen molar-refractivity contribution in [1.82, 2.24) is 10.2 Å². The molecule has 4 heteroatoms. The summed E-state index contributed by atoms with van der Waals surface area (Å²) in [5, 5.41) is 3.21. The van der Waals surface area contributed by atoms with Gasteiger partial charge in [0.1, 0.15) is 0 Å². The maximum atomic E-state index is 11.2. The molecule has 0 aromatic rings. The average Bonchev–Trinajstić information content (AvgIpc) is 2.18. The van der Waals surface area contributed by atoms with Gasteiger partial charge in [0.15, 0.2) is 0 Å². The summed E-state index contributed by atoms with van der Waals surface area (Å²) in [4.78, 5) is 2.46. The summed E-state index contributed by atoms with van der Waals surface area (Å²) in [7, 11) is 1.44. The molecule has 1 N–H and O–H groups in total. The molecule has 1 heterocycles. The second-order valence-corrected chi connectivity index (χ2v) is 5.86. The predicted octanol–water partition coefficient (Wildman–Crippen LogP) is 0.295. The molecule has 0 bridgehead atoms. The lowest BCUT2D eigenvalue weighted by Gasteiger charge is -2.35. The van der Waals surface area contributed by atoms with Gasteiger partial charge in [0.25, 0.3) is 0 Å². The van der Waals surface area contributed by atoms with Crippen LogP contribution in [0, 0.1) is 5.92 Å². The maximum absolute atomic E-state index is 11.2. The lowest BCUT2D eigenvalue weighted by atomic mass is 10.0. The summed E-state index contributed by atoms with van der Waals surface area (Å²) < 4.78 is 11.2. The lowest BCUT2D eigenvalue weighted by Crippen LogP contribution is -2.47. The van der Waals surface area contributed by atoms with E-state index in [4.69, 9.17) is 0 Å². The van der Waals surface area contributed by atoms with Crippen molar-refractivity contribution in [2.24, 2.45) is 5.92 Å². The Hall–Kier alpha value is 0.0700.